The number of aryl methyl sites for hydroxylation is 1. The molecular formula is C26H25F3N2O2. The van der Waals surface area contributed by atoms with Gasteiger partial charge in [-0.05, 0) is 67.6 Å². The molecule has 4 nitrogen and oxygen atoms in total. The number of likely N-dealkylation sites (tertiary alicyclic amines) is 1. The molecule has 0 atom stereocenters. The molecular weight excluding hydrogens is 429 g/mol. The number of carbonyl (C=O) groups excluding carboxylic acids is 1. The molecule has 1 aliphatic rings. The van der Waals surface area contributed by atoms with E-state index in [9.17, 15) is 13.2 Å². The second-order valence-electron chi connectivity index (χ2n) is 7.95. The van der Waals surface area contributed by atoms with E-state index in [1.807, 2.05) is 12.1 Å². The van der Waals surface area contributed by atoms with E-state index >= 15 is 0 Å². The maximum Gasteiger partial charge on any atom is 0.231 e. The molecule has 3 aromatic rings. The highest BCUT2D eigenvalue weighted by Gasteiger charge is 2.21. The maximum absolute atomic E-state index is 13.7. The number of piperidine rings is 1. The van der Waals surface area contributed by atoms with Crippen molar-refractivity contribution in [3.63, 3.8) is 0 Å². The summed E-state index contributed by atoms with van der Waals surface area (Å²) in [5.74, 6) is -2.65. The maximum atomic E-state index is 13.7. The average Bonchev–Trinajstić information content (AvgIpc) is 2.80. The third-order valence-corrected chi connectivity index (χ3v) is 5.75. The fourth-order valence-electron chi connectivity index (χ4n) is 4.08. The first kappa shape index (κ1) is 24.2. The molecule has 33 heavy (non-hydrogen) atoms. The first-order chi connectivity index (χ1) is 15.9. The SMILES string of the molecule is Cc1ccccc1C1CCN(Cc2ccc(Oc3cc(F)c(F)cc3F)cc2)CC1.N=C=O. The Balaban J connectivity index is 0.000000968. The van der Waals surface area contributed by atoms with Crippen LogP contribution in [0.2, 0.25) is 0 Å². The van der Waals surface area contributed by atoms with Crippen molar-refractivity contribution in [1.29, 1.82) is 5.41 Å². The van der Waals surface area contributed by atoms with Crippen LogP contribution in [0.3, 0.4) is 0 Å². The topological polar surface area (TPSA) is 53.4 Å². The van der Waals surface area contributed by atoms with Gasteiger partial charge >= 0.3 is 0 Å². The second-order valence-corrected chi connectivity index (χ2v) is 7.95. The molecule has 0 unspecified atom stereocenters. The van der Waals surface area contributed by atoms with Crippen molar-refractivity contribution in [3.8, 4) is 11.5 Å². The molecule has 1 N–H and O–H groups in total. The number of halogens is 3. The Morgan fingerprint density at radius 1 is 0.970 bits per heavy atom. The molecule has 1 fully saturated rings. The van der Waals surface area contributed by atoms with E-state index in [4.69, 9.17) is 14.9 Å². The Bertz CT molecular complexity index is 1110. The monoisotopic (exact) mass is 454 g/mol. The predicted molar refractivity (Wildman–Crippen MR) is 120 cm³/mol. The number of hydrogen-bond donors (Lipinski definition) is 1. The van der Waals surface area contributed by atoms with Crippen molar-refractivity contribution in [2.45, 2.75) is 32.2 Å². The van der Waals surface area contributed by atoms with Gasteiger partial charge < -0.3 is 4.74 Å². The molecule has 0 spiro atoms. The van der Waals surface area contributed by atoms with Crippen LogP contribution in [0.25, 0.3) is 0 Å². The van der Waals surface area contributed by atoms with Gasteiger partial charge in [-0.1, -0.05) is 36.4 Å². The summed E-state index contributed by atoms with van der Waals surface area (Å²) < 4.78 is 45.5. The van der Waals surface area contributed by atoms with Gasteiger partial charge in [0.1, 0.15) is 5.75 Å². The van der Waals surface area contributed by atoms with Crippen LogP contribution < -0.4 is 4.74 Å². The summed E-state index contributed by atoms with van der Waals surface area (Å²) >= 11 is 0. The molecule has 0 aliphatic carbocycles. The minimum Gasteiger partial charge on any atom is -0.454 e. The summed E-state index contributed by atoms with van der Waals surface area (Å²) in [6.45, 7) is 5.09. The Hall–Kier alpha value is -3.41. The highest BCUT2D eigenvalue weighted by Crippen LogP contribution is 2.31. The van der Waals surface area contributed by atoms with Crippen molar-refractivity contribution >= 4 is 6.08 Å². The quantitative estimate of drug-likeness (QED) is 0.273. The number of benzene rings is 3. The number of isocyanates is 1. The second kappa shape index (κ2) is 11.5. The van der Waals surface area contributed by atoms with Gasteiger partial charge in [0.15, 0.2) is 23.2 Å². The zero-order valence-corrected chi connectivity index (χ0v) is 18.3. The Labute approximate surface area is 191 Å². The standard InChI is InChI=1S/C25H24F3NO.CHNO/c1-17-4-2-3-5-21(17)19-10-12-29(13-11-19)16-18-6-8-20(9-7-18)30-25-15-23(27)22(26)14-24(25)28;2-1-3/h2-9,14-15,19H,10-13,16H2,1H3;2H. The van der Waals surface area contributed by atoms with Gasteiger partial charge in [0.2, 0.25) is 6.08 Å². The van der Waals surface area contributed by atoms with E-state index in [-0.39, 0.29) is 5.75 Å². The molecule has 1 aliphatic heterocycles. The van der Waals surface area contributed by atoms with Crippen LogP contribution in [0.4, 0.5) is 13.2 Å². The van der Waals surface area contributed by atoms with Gasteiger partial charge in [-0.25, -0.2) is 23.4 Å². The van der Waals surface area contributed by atoms with Gasteiger partial charge in [-0.2, -0.15) is 0 Å². The highest BCUT2D eigenvalue weighted by atomic mass is 19.2. The number of hydrogen-bond acceptors (Lipinski definition) is 4. The van der Waals surface area contributed by atoms with Crippen LogP contribution in [-0.2, 0) is 11.3 Å². The molecule has 1 heterocycles. The van der Waals surface area contributed by atoms with E-state index in [1.165, 1.54) is 11.1 Å². The minimum absolute atomic E-state index is 0.333. The average molecular weight is 454 g/mol. The lowest BCUT2D eigenvalue weighted by Gasteiger charge is -2.32. The van der Waals surface area contributed by atoms with Gasteiger partial charge in [-0.3, -0.25) is 4.90 Å². The molecule has 0 saturated carbocycles. The number of nitrogens with one attached hydrogen (secondary N) is 1. The van der Waals surface area contributed by atoms with Gasteiger partial charge in [0, 0.05) is 18.7 Å². The van der Waals surface area contributed by atoms with Crippen LogP contribution in [0, 0.1) is 29.8 Å². The van der Waals surface area contributed by atoms with Gasteiger partial charge in [0.05, 0.1) is 0 Å². The lowest BCUT2D eigenvalue weighted by atomic mass is 9.87. The zero-order valence-electron chi connectivity index (χ0n) is 18.3. The van der Waals surface area contributed by atoms with Crippen molar-refractivity contribution in [2.24, 2.45) is 0 Å². The summed E-state index contributed by atoms with van der Waals surface area (Å²) in [5, 5.41) is 5.40. The lowest BCUT2D eigenvalue weighted by molar-refractivity contribution is 0.204. The first-order valence-corrected chi connectivity index (χ1v) is 10.6. The summed E-state index contributed by atoms with van der Waals surface area (Å²) in [7, 11) is 0. The number of rotatable bonds is 5. The minimum atomic E-state index is -1.23. The molecule has 172 valence electrons. The summed E-state index contributed by atoms with van der Waals surface area (Å²) in [4.78, 5) is 10.8. The lowest BCUT2D eigenvalue weighted by Crippen LogP contribution is -2.32. The van der Waals surface area contributed by atoms with Crippen LogP contribution in [-0.4, -0.2) is 24.1 Å². The Kier molecular flexibility index (Phi) is 8.41. The fraction of sp³-hybridized carbons (Fsp3) is 0.269. The van der Waals surface area contributed by atoms with E-state index < -0.39 is 17.5 Å². The summed E-state index contributed by atoms with van der Waals surface area (Å²) in [5.41, 5.74) is 3.95. The third-order valence-electron chi connectivity index (χ3n) is 5.75. The summed E-state index contributed by atoms with van der Waals surface area (Å²) in [6, 6.07) is 17.1. The van der Waals surface area contributed by atoms with Crippen molar-refractivity contribution < 1.29 is 22.7 Å². The number of nitrogens with zero attached hydrogens (tertiary/aromatic N) is 1. The molecule has 1 saturated heterocycles. The smallest absolute Gasteiger partial charge is 0.231 e. The third kappa shape index (κ3) is 6.54. The molecule has 0 amide bonds. The fourth-order valence-corrected chi connectivity index (χ4v) is 4.08. The molecule has 0 aromatic heterocycles. The normalized spacial score (nSPS) is 14.2. The van der Waals surface area contributed by atoms with Crippen molar-refractivity contribution in [2.75, 3.05) is 13.1 Å². The van der Waals surface area contributed by atoms with Crippen LogP contribution in [0.15, 0.2) is 60.7 Å². The Morgan fingerprint density at radius 2 is 1.58 bits per heavy atom. The molecule has 7 heteroatoms. The Morgan fingerprint density at radius 3 is 2.21 bits per heavy atom. The number of ether oxygens (including phenoxy) is 1. The molecule has 0 radical (unpaired) electrons. The van der Waals surface area contributed by atoms with E-state index in [0.717, 1.165) is 50.2 Å². The van der Waals surface area contributed by atoms with Gasteiger partial charge in [0.25, 0.3) is 0 Å². The largest absolute Gasteiger partial charge is 0.454 e. The molecule has 0 bridgehead atoms. The highest BCUT2D eigenvalue weighted by molar-refractivity contribution is 5.35. The van der Waals surface area contributed by atoms with Gasteiger partial charge in [-0.15, -0.1) is 0 Å². The van der Waals surface area contributed by atoms with Crippen LogP contribution >= 0.6 is 0 Å². The molecule has 4 rings (SSSR count). The van der Waals surface area contributed by atoms with E-state index in [2.05, 4.69) is 36.1 Å². The van der Waals surface area contributed by atoms with Crippen LogP contribution in [0.1, 0.15) is 35.4 Å². The van der Waals surface area contributed by atoms with E-state index in [1.54, 1.807) is 12.1 Å². The van der Waals surface area contributed by atoms with Crippen LogP contribution in [0.5, 0.6) is 11.5 Å². The van der Waals surface area contributed by atoms with E-state index in [0.29, 0.717) is 17.7 Å². The molecule has 3 aromatic carbocycles. The predicted octanol–water partition coefficient (Wildman–Crippen LogP) is 6.49. The first-order valence-electron chi connectivity index (χ1n) is 10.6. The zero-order chi connectivity index (χ0) is 23.8. The van der Waals surface area contributed by atoms with Crippen molar-refractivity contribution in [3.05, 3.63) is 94.8 Å². The van der Waals surface area contributed by atoms with Crippen molar-refractivity contribution in [1.82, 2.24) is 4.90 Å². The summed E-state index contributed by atoms with van der Waals surface area (Å²) in [6.07, 6.45) is 3.03.